The Hall–Kier alpha value is -0.790. The van der Waals surface area contributed by atoms with Gasteiger partial charge in [0.2, 0.25) is 0 Å². The van der Waals surface area contributed by atoms with Crippen LogP contribution in [-0.4, -0.2) is 49.1 Å². The van der Waals surface area contributed by atoms with Gasteiger partial charge in [-0.2, -0.15) is 11.8 Å². The molecule has 0 bridgehead atoms. The molecule has 7 heteroatoms. The van der Waals surface area contributed by atoms with Crippen molar-refractivity contribution >= 4 is 27.3 Å². The highest BCUT2D eigenvalue weighted by Gasteiger charge is 2.33. The zero-order chi connectivity index (χ0) is 15.3. The van der Waals surface area contributed by atoms with Crippen LogP contribution in [0.3, 0.4) is 0 Å². The number of hydrogen-bond acceptors (Lipinski definition) is 6. The molecule has 0 amide bonds. The van der Waals surface area contributed by atoms with Crippen LogP contribution in [-0.2, 0) is 16.4 Å². The van der Waals surface area contributed by atoms with Crippen LogP contribution in [0.1, 0.15) is 19.4 Å². The van der Waals surface area contributed by atoms with Crippen molar-refractivity contribution in [3.8, 4) is 0 Å². The van der Waals surface area contributed by atoms with E-state index in [1.54, 1.807) is 24.9 Å². The van der Waals surface area contributed by atoms with Crippen molar-refractivity contribution in [3.63, 3.8) is 0 Å². The zero-order valence-corrected chi connectivity index (χ0v) is 14.2. The fourth-order valence-corrected chi connectivity index (χ4v) is 5.43. The first-order valence-corrected chi connectivity index (χ1v) is 10.2. The van der Waals surface area contributed by atoms with Crippen LogP contribution in [0.4, 0.5) is 5.69 Å². The fraction of sp³-hybridized carbons (Fsp3) is 0.643. The van der Waals surface area contributed by atoms with Gasteiger partial charge < -0.3 is 10.2 Å². The maximum Gasteiger partial charge on any atom is 0.171 e. The molecule has 21 heavy (non-hydrogen) atoms. The van der Waals surface area contributed by atoms with Crippen LogP contribution >= 0.6 is 11.8 Å². The number of sulfone groups is 1. The fourth-order valence-electron chi connectivity index (χ4n) is 2.44. The van der Waals surface area contributed by atoms with Gasteiger partial charge in [-0.3, -0.25) is 4.98 Å². The topological polar surface area (TPSA) is 62.3 Å². The lowest BCUT2D eigenvalue weighted by molar-refractivity contribution is 0.579. The molecule has 1 saturated heterocycles. The van der Waals surface area contributed by atoms with Crippen molar-refractivity contribution in [3.05, 3.63) is 24.0 Å². The highest BCUT2D eigenvalue weighted by molar-refractivity contribution is 8.01. The van der Waals surface area contributed by atoms with E-state index in [2.05, 4.69) is 17.2 Å². The molecule has 1 aliphatic rings. The Bertz CT molecular complexity index is 563. The van der Waals surface area contributed by atoms with Crippen molar-refractivity contribution in [2.24, 2.45) is 0 Å². The standard InChI is InChI=1S/C14H23N3O2S2/c1-3-15-9-12-10-16-6-5-13(12)17-7-8-20-11-14(17)21(18,19)4-2/h5-6,10,14-15H,3-4,7-9,11H2,1-2H3. The Kier molecular flexibility index (Phi) is 5.89. The van der Waals surface area contributed by atoms with E-state index in [4.69, 9.17) is 0 Å². The molecule has 1 aromatic heterocycles. The molecule has 1 fully saturated rings. The zero-order valence-electron chi connectivity index (χ0n) is 12.6. The smallest absolute Gasteiger partial charge is 0.171 e. The Labute approximate surface area is 131 Å². The number of nitrogens with zero attached hydrogens (tertiary/aromatic N) is 2. The molecule has 0 saturated carbocycles. The summed E-state index contributed by atoms with van der Waals surface area (Å²) in [4.78, 5) is 6.22. The third-order valence-electron chi connectivity index (χ3n) is 3.65. The van der Waals surface area contributed by atoms with E-state index in [9.17, 15) is 8.42 Å². The first-order chi connectivity index (χ1) is 10.1. The van der Waals surface area contributed by atoms with E-state index in [1.165, 1.54) is 0 Å². The third-order valence-corrected chi connectivity index (χ3v) is 6.94. The van der Waals surface area contributed by atoms with Crippen LogP contribution in [0, 0.1) is 0 Å². The van der Waals surface area contributed by atoms with Gasteiger partial charge in [-0.15, -0.1) is 0 Å². The Balaban J connectivity index is 2.33. The predicted octanol–water partition coefficient (Wildman–Crippen LogP) is 1.51. The van der Waals surface area contributed by atoms with Crippen LogP contribution in [0.5, 0.6) is 0 Å². The number of hydrogen-bond donors (Lipinski definition) is 1. The van der Waals surface area contributed by atoms with Crippen molar-refractivity contribution in [1.29, 1.82) is 0 Å². The minimum Gasteiger partial charge on any atom is -0.353 e. The van der Waals surface area contributed by atoms with E-state index in [0.29, 0.717) is 12.3 Å². The lowest BCUT2D eigenvalue weighted by Gasteiger charge is -2.37. The number of nitrogens with one attached hydrogen (secondary N) is 1. The lowest BCUT2D eigenvalue weighted by Crippen LogP contribution is -2.48. The maximum absolute atomic E-state index is 12.4. The summed E-state index contributed by atoms with van der Waals surface area (Å²) in [5.41, 5.74) is 2.05. The largest absolute Gasteiger partial charge is 0.353 e. The predicted molar refractivity (Wildman–Crippen MR) is 89.5 cm³/mol. The summed E-state index contributed by atoms with van der Waals surface area (Å²) in [5.74, 6) is 1.78. The van der Waals surface area contributed by atoms with E-state index in [-0.39, 0.29) is 5.75 Å². The molecular formula is C14H23N3O2S2. The maximum atomic E-state index is 12.4. The van der Waals surface area contributed by atoms with Crippen LogP contribution < -0.4 is 10.2 Å². The van der Waals surface area contributed by atoms with Crippen LogP contribution in [0.25, 0.3) is 0 Å². The minimum atomic E-state index is -3.09. The van der Waals surface area contributed by atoms with Gasteiger partial charge in [0.25, 0.3) is 0 Å². The molecule has 0 radical (unpaired) electrons. The molecular weight excluding hydrogens is 306 g/mol. The molecule has 1 N–H and O–H groups in total. The lowest BCUT2D eigenvalue weighted by atomic mass is 10.2. The summed E-state index contributed by atoms with van der Waals surface area (Å²) in [5, 5.41) is 2.86. The monoisotopic (exact) mass is 329 g/mol. The number of aromatic nitrogens is 1. The molecule has 2 rings (SSSR count). The Morgan fingerprint density at radius 1 is 1.48 bits per heavy atom. The molecule has 0 aromatic carbocycles. The number of anilines is 1. The summed E-state index contributed by atoms with van der Waals surface area (Å²) in [6.45, 7) is 6.12. The molecule has 1 atom stereocenters. The van der Waals surface area contributed by atoms with Gasteiger partial charge in [0, 0.05) is 54.0 Å². The van der Waals surface area contributed by atoms with Crippen molar-refractivity contribution in [2.45, 2.75) is 25.8 Å². The number of rotatable bonds is 6. The molecule has 5 nitrogen and oxygen atoms in total. The highest BCUT2D eigenvalue weighted by Crippen LogP contribution is 2.29. The highest BCUT2D eigenvalue weighted by atomic mass is 32.2. The quantitative estimate of drug-likeness (QED) is 0.853. The summed E-state index contributed by atoms with van der Waals surface area (Å²) in [7, 11) is -3.09. The molecule has 0 spiro atoms. The molecule has 1 aromatic rings. The van der Waals surface area contributed by atoms with Gasteiger partial charge in [-0.05, 0) is 12.6 Å². The van der Waals surface area contributed by atoms with Gasteiger partial charge in [0.1, 0.15) is 5.37 Å². The molecule has 1 unspecified atom stereocenters. The first-order valence-electron chi connectivity index (χ1n) is 7.29. The van der Waals surface area contributed by atoms with Crippen molar-refractivity contribution < 1.29 is 8.42 Å². The summed E-state index contributed by atoms with van der Waals surface area (Å²) in [6, 6.07) is 1.93. The van der Waals surface area contributed by atoms with E-state index in [0.717, 1.165) is 30.1 Å². The van der Waals surface area contributed by atoms with E-state index < -0.39 is 15.2 Å². The van der Waals surface area contributed by atoms with Gasteiger partial charge in [-0.25, -0.2) is 8.42 Å². The van der Waals surface area contributed by atoms with Crippen molar-refractivity contribution in [1.82, 2.24) is 10.3 Å². The van der Waals surface area contributed by atoms with Crippen molar-refractivity contribution in [2.75, 3.05) is 35.2 Å². The third kappa shape index (κ3) is 3.90. The Morgan fingerprint density at radius 2 is 2.29 bits per heavy atom. The van der Waals surface area contributed by atoms with Gasteiger partial charge in [-0.1, -0.05) is 13.8 Å². The van der Waals surface area contributed by atoms with E-state index >= 15 is 0 Å². The first kappa shape index (κ1) is 16.6. The van der Waals surface area contributed by atoms with Crippen LogP contribution in [0.15, 0.2) is 18.5 Å². The summed E-state index contributed by atoms with van der Waals surface area (Å²) in [6.07, 6.45) is 3.57. The second kappa shape index (κ2) is 7.47. The normalized spacial score (nSPS) is 19.7. The van der Waals surface area contributed by atoms with E-state index in [1.807, 2.05) is 17.2 Å². The average molecular weight is 329 g/mol. The van der Waals surface area contributed by atoms with Gasteiger partial charge in [0.15, 0.2) is 9.84 Å². The summed E-state index contributed by atoms with van der Waals surface area (Å²) >= 11 is 1.72. The van der Waals surface area contributed by atoms with Gasteiger partial charge >= 0.3 is 0 Å². The molecule has 1 aliphatic heterocycles. The number of thioether (sulfide) groups is 1. The molecule has 2 heterocycles. The average Bonchev–Trinajstić information content (AvgIpc) is 2.53. The summed E-state index contributed by atoms with van der Waals surface area (Å²) < 4.78 is 24.8. The SMILES string of the molecule is CCNCc1cnccc1N1CCSCC1S(=O)(=O)CC. The second-order valence-corrected chi connectivity index (χ2v) is 8.56. The van der Waals surface area contributed by atoms with Gasteiger partial charge in [0.05, 0.1) is 0 Å². The Morgan fingerprint density at radius 3 is 3.00 bits per heavy atom. The molecule has 0 aliphatic carbocycles. The van der Waals surface area contributed by atoms with Crippen LogP contribution in [0.2, 0.25) is 0 Å². The second-order valence-electron chi connectivity index (χ2n) is 4.96. The minimum absolute atomic E-state index is 0.183. The number of pyridine rings is 1. The molecule has 118 valence electrons.